The van der Waals surface area contributed by atoms with Crippen LogP contribution >= 0.6 is 0 Å². The Balaban J connectivity index is 1.66. The van der Waals surface area contributed by atoms with Gasteiger partial charge in [-0.15, -0.1) is 0 Å². The number of aromatic nitrogens is 3. The van der Waals surface area contributed by atoms with Gasteiger partial charge in [0, 0.05) is 36.0 Å². The lowest BCUT2D eigenvalue weighted by molar-refractivity contribution is -0.114. The molecule has 2 aromatic heterocycles. The van der Waals surface area contributed by atoms with Crippen LogP contribution in [-0.4, -0.2) is 40.9 Å². The number of fused-ring (bicyclic) bond motifs is 1. The van der Waals surface area contributed by atoms with Gasteiger partial charge in [0.05, 0.1) is 11.9 Å². The smallest absolute Gasteiger partial charge is 0.156 e. The Morgan fingerprint density at radius 2 is 2.21 bits per heavy atom. The molecule has 0 radical (unpaired) electrons. The van der Waals surface area contributed by atoms with Gasteiger partial charge in [-0.2, -0.15) is 0 Å². The fourth-order valence-corrected chi connectivity index (χ4v) is 4.02. The van der Waals surface area contributed by atoms with Crippen molar-refractivity contribution < 1.29 is 4.79 Å². The zero-order valence-corrected chi connectivity index (χ0v) is 17.4. The molecule has 29 heavy (non-hydrogen) atoms. The average Bonchev–Trinajstić information content (AvgIpc) is 3.32. The molecule has 3 aromatic rings. The molecule has 1 aromatic carbocycles. The third-order valence-corrected chi connectivity index (χ3v) is 5.98. The summed E-state index contributed by atoms with van der Waals surface area (Å²) in [6.45, 7) is 8.82. The molecule has 6 heteroatoms. The van der Waals surface area contributed by atoms with Gasteiger partial charge >= 0.3 is 0 Å². The maximum atomic E-state index is 11.3. The third kappa shape index (κ3) is 3.90. The molecule has 3 heterocycles. The van der Waals surface area contributed by atoms with Crippen LogP contribution in [0.3, 0.4) is 0 Å². The van der Waals surface area contributed by atoms with Gasteiger partial charge in [0.25, 0.3) is 0 Å². The molecule has 1 unspecified atom stereocenters. The molecule has 6 nitrogen and oxygen atoms in total. The van der Waals surface area contributed by atoms with Crippen LogP contribution in [0.25, 0.3) is 22.4 Å². The van der Waals surface area contributed by atoms with E-state index in [2.05, 4.69) is 46.1 Å². The number of carbonyl (C=O) groups excluding carboxylic acids is 1. The van der Waals surface area contributed by atoms with Crippen LogP contribution in [0.15, 0.2) is 36.7 Å². The van der Waals surface area contributed by atoms with E-state index in [0.717, 1.165) is 53.8 Å². The van der Waals surface area contributed by atoms with Crippen LogP contribution in [0.4, 0.5) is 5.69 Å². The number of nitrogens with two attached hydrogens (primary N) is 1. The zero-order chi connectivity index (χ0) is 20.6. The van der Waals surface area contributed by atoms with E-state index in [1.165, 1.54) is 5.69 Å². The van der Waals surface area contributed by atoms with Crippen molar-refractivity contribution in [2.24, 2.45) is 16.6 Å². The lowest BCUT2D eigenvalue weighted by Gasteiger charge is -2.24. The van der Waals surface area contributed by atoms with Gasteiger partial charge in [0.15, 0.2) is 5.65 Å². The van der Waals surface area contributed by atoms with Crippen molar-refractivity contribution in [3.8, 4) is 11.3 Å². The van der Waals surface area contributed by atoms with Crippen LogP contribution in [0.5, 0.6) is 0 Å². The number of hydrogen-bond acceptors (Lipinski definition) is 5. The molecular formula is C23H29N5O. The number of H-pyrrole nitrogens is 1. The predicted octanol–water partition coefficient (Wildman–Crippen LogP) is 3.57. The van der Waals surface area contributed by atoms with E-state index in [4.69, 9.17) is 10.7 Å². The van der Waals surface area contributed by atoms with E-state index in [1.54, 1.807) is 6.20 Å². The molecular weight excluding hydrogens is 362 g/mol. The molecule has 1 atom stereocenters. The molecule has 0 bridgehead atoms. The Bertz CT molecular complexity index is 1040. The molecule has 0 saturated carbocycles. The van der Waals surface area contributed by atoms with Crippen molar-refractivity contribution in [1.82, 2.24) is 15.0 Å². The molecule has 1 saturated heterocycles. The molecule has 0 amide bonds. The first-order valence-electron chi connectivity index (χ1n) is 10.2. The summed E-state index contributed by atoms with van der Waals surface area (Å²) < 4.78 is 0. The van der Waals surface area contributed by atoms with Crippen molar-refractivity contribution >= 4 is 23.1 Å². The van der Waals surface area contributed by atoms with Crippen molar-refractivity contribution in [2.45, 2.75) is 33.6 Å². The Hall–Kier alpha value is -2.73. The highest BCUT2D eigenvalue weighted by Gasteiger charge is 2.32. The van der Waals surface area contributed by atoms with Gasteiger partial charge in [0.1, 0.15) is 11.8 Å². The summed E-state index contributed by atoms with van der Waals surface area (Å²) in [7, 11) is 0. The molecule has 0 spiro atoms. The summed E-state index contributed by atoms with van der Waals surface area (Å²) in [5.74, 6) is 0. The average molecular weight is 392 g/mol. The minimum Gasteiger partial charge on any atom is -0.371 e. The highest BCUT2D eigenvalue weighted by Crippen LogP contribution is 2.34. The fourth-order valence-electron chi connectivity index (χ4n) is 4.02. The summed E-state index contributed by atoms with van der Waals surface area (Å²) in [4.78, 5) is 26.4. The minimum atomic E-state index is -0.432. The lowest BCUT2D eigenvalue weighted by Crippen LogP contribution is -2.31. The Kier molecular flexibility index (Phi) is 4.90. The van der Waals surface area contributed by atoms with E-state index in [1.807, 2.05) is 20.0 Å². The number of nitrogens with one attached hydrogen (secondary N) is 1. The summed E-state index contributed by atoms with van der Waals surface area (Å²) in [6.07, 6.45) is 6.45. The first kappa shape index (κ1) is 19.6. The van der Waals surface area contributed by atoms with Crippen molar-refractivity contribution in [1.29, 1.82) is 0 Å². The number of rotatable bonds is 6. The SMILES string of the molecule is CC(C)(C=O)Cc1c[nH]c2ncc(-c3cccc(N4CCC(C)(CN)C4)c3)nc12. The minimum absolute atomic E-state index is 0.181. The molecule has 1 aliphatic rings. The standard InChI is InChI=1S/C23H29N5O/c1-22(2,15-29)10-17-11-25-21-20(17)27-19(12-26-21)16-5-4-6-18(9-16)28-8-7-23(3,13-24)14-28/h4-6,9,11-12,15H,7-8,10,13-14,24H2,1-3H3,(H,25,26). The molecule has 152 valence electrons. The van der Waals surface area contributed by atoms with Gasteiger partial charge in [-0.1, -0.05) is 32.9 Å². The highest BCUT2D eigenvalue weighted by atomic mass is 16.1. The number of anilines is 1. The Morgan fingerprint density at radius 1 is 1.38 bits per heavy atom. The summed E-state index contributed by atoms with van der Waals surface area (Å²) in [5.41, 5.74) is 11.4. The number of nitrogens with zero attached hydrogens (tertiary/aromatic N) is 3. The van der Waals surface area contributed by atoms with Crippen LogP contribution in [0.2, 0.25) is 0 Å². The molecule has 1 aliphatic heterocycles. The van der Waals surface area contributed by atoms with E-state index < -0.39 is 5.41 Å². The van der Waals surface area contributed by atoms with Gasteiger partial charge in [-0.05, 0) is 42.5 Å². The van der Waals surface area contributed by atoms with Crippen LogP contribution in [0.1, 0.15) is 32.8 Å². The molecule has 4 rings (SSSR count). The van der Waals surface area contributed by atoms with Gasteiger partial charge < -0.3 is 20.4 Å². The van der Waals surface area contributed by atoms with Crippen molar-refractivity contribution in [3.05, 3.63) is 42.2 Å². The fraction of sp³-hybridized carbons (Fsp3) is 0.435. The second kappa shape index (κ2) is 7.26. The third-order valence-electron chi connectivity index (χ3n) is 5.98. The van der Waals surface area contributed by atoms with Gasteiger partial charge in [0.2, 0.25) is 0 Å². The van der Waals surface area contributed by atoms with Crippen LogP contribution < -0.4 is 10.6 Å². The Morgan fingerprint density at radius 3 is 2.93 bits per heavy atom. The Labute approximate surface area is 171 Å². The largest absolute Gasteiger partial charge is 0.371 e. The molecule has 1 fully saturated rings. The number of aldehydes is 1. The summed E-state index contributed by atoms with van der Waals surface area (Å²) in [5, 5.41) is 0. The number of hydrogen-bond donors (Lipinski definition) is 2. The van der Waals surface area contributed by atoms with E-state index in [-0.39, 0.29) is 5.41 Å². The molecule has 3 N–H and O–H groups in total. The van der Waals surface area contributed by atoms with E-state index in [9.17, 15) is 4.79 Å². The monoisotopic (exact) mass is 391 g/mol. The van der Waals surface area contributed by atoms with Crippen LogP contribution in [-0.2, 0) is 11.2 Å². The van der Waals surface area contributed by atoms with E-state index in [0.29, 0.717) is 13.0 Å². The van der Waals surface area contributed by atoms with Gasteiger partial charge in [-0.25, -0.2) is 9.97 Å². The second-order valence-corrected chi connectivity index (χ2v) is 9.29. The predicted molar refractivity (Wildman–Crippen MR) is 117 cm³/mol. The maximum absolute atomic E-state index is 11.3. The van der Waals surface area contributed by atoms with Crippen molar-refractivity contribution in [3.63, 3.8) is 0 Å². The first-order chi connectivity index (χ1) is 13.8. The number of aromatic amines is 1. The van der Waals surface area contributed by atoms with E-state index >= 15 is 0 Å². The first-order valence-corrected chi connectivity index (χ1v) is 10.2. The summed E-state index contributed by atoms with van der Waals surface area (Å²) >= 11 is 0. The lowest BCUT2D eigenvalue weighted by atomic mass is 9.88. The highest BCUT2D eigenvalue weighted by molar-refractivity contribution is 5.79. The second-order valence-electron chi connectivity index (χ2n) is 9.29. The normalized spacial score (nSPS) is 19.8. The molecule has 0 aliphatic carbocycles. The zero-order valence-electron chi connectivity index (χ0n) is 17.4. The number of benzene rings is 1. The van der Waals surface area contributed by atoms with Crippen molar-refractivity contribution in [2.75, 3.05) is 24.5 Å². The number of carbonyl (C=O) groups is 1. The quantitative estimate of drug-likeness (QED) is 0.627. The topological polar surface area (TPSA) is 87.9 Å². The van der Waals surface area contributed by atoms with Gasteiger partial charge in [-0.3, -0.25) is 0 Å². The summed E-state index contributed by atoms with van der Waals surface area (Å²) in [6, 6.07) is 8.47. The maximum Gasteiger partial charge on any atom is 0.156 e. The van der Waals surface area contributed by atoms with Crippen LogP contribution in [0, 0.1) is 10.8 Å².